The Morgan fingerprint density at radius 2 is 2.00 bits per heavy atom. The number of thiocarbonyl (C=S) groups is 1. The molecule has 86 valence electrons. The van der Waals surface area contributed by atoms with Crippen LogP contribution in [0.4, 0.5) is 4.79 Å². The van der Waals surface area contributed by atoms with Gasteiger partial charge in [-0.05, 0) is 43.8 Å². The number of carboxylic acid groups (broad SMARTS) is 1. The Balaban J connectivity index is 2.18. The van der Waals surface area contributed by atoms with Gasteiger partial charge in [-0.25, -0.2) is 4.79 Å². The largest absolute Gasteiger partial charge is 0.465 e. The second-order valence-electron chi connectivity index (χ2n) is 3.91. The van der Waals surface area contributed by atoms with Gasteiger partial charge in [0, 0.05) is 12.6 Å². The molecule has 0 aromatic heterocycles. The third-order valence-electron chi connectivity index (χ3n) is 2.74. The minimum atomic E-state index is -0.931. The van der Waals surface area contributed by atoms with Crippen LogP contribution >= 0.6 is 12.2 Å². The van der Waals surface area contributed by atoms with Crippen molar-refractivity contribution < 1.29 is 9.90 Å². The van der Waals surface area contributed by atoms with Crippen LogP contribution in [0.25, 0.3) is 0 Å². The van der Waals surface area contributed by atoms with E-state index >= 15 is 0 Å². The predicted octanol–water partition coefficient (Wildman–Crippen LogP) is 0.646. The van der Waals surface area contributed by atoms with Crippen molar-refractivity contribution in [3.05, 3.63) is 0 Å². The summed E-state index contributed by atoms with van der Waals surface area (Å²) >= 11 is 4.72. The normalized spacial score (nSPS) is 25.6. The lowest BCUT2D eigenvalue weighted by Gasteiger charge is -2.28. The lowest BCUT2D eigenvalue weighted by atomic mass is 9.86. The lowest BCUT2D eigenvalue weighted by Crippen LogP contribution is -2.39. The molecular formula is C9H17N3O2S. The fourth-order valence-electron chi connectivity index (χ4n) is 1.93. The topological polar surface area (TPSA) is 87.4 Å². The highest BCUT2D eigenvalue weighted by atomic mass is 32.1. The van der Waals surface area contributed by atoms with E-state index in [1.807, 2.05) is 0 Å². The Morgan fingerprint density at radius 3 is 2.47 bits per heavy atom. The van der Waals surface area contributed by atoms with E-state index in [0.717, 1.165) is 32.2 Å². The second-order valence-corrected chi connectivity index (χ2v) is 4.35. The van der Waals surface area contributed by atoms with E-state index in [2.05, 4.69) is 10.6 Å². The maximum Gasteiger partial charge on any atom is 0.404 e. The van der Waals surface area contributed by atoms with Gasteiger partial charge in [-0.2, -0.15) is 0 Å². The molecule has 0 bridgehead atoms. The molecule has 0 aromatic carbocycles. The van der Waals surface area contributed by atoms with Gasteiger partial charge in [-0.15, -0.1) is 0 Å². The summed E-state index contributed by atoms with van der Waals surface area (Å²) < 4.78 is 0. The molecule has 0 unspecified atom stereocenters. The number of carbonyl (C=O) groups is 1. The van der Waals surface area contributed by atoms with Crippen molar-refractivity contribution >= 4 is 23.4 Å². The molecule has 0 atom stereocenters. The van der Waals surface area contributed by atoms with Gasteiger partial charge in [0.15, 0.2) is 5.11 Å². The SMILES string of the molecule is NC(=S)NCC1CCC(NC(=O)O)CC1. The van der Waals surface area contributed by atoms with Crippen molar-refractivity contribution in [2.24, 2.45) is 11.7 Å². The van der Waals surface area contributed by atoms with Crippen molar-refractivity contribution in [3.63, 3.8) is 0 Å². The summed E-state index contributed by atoms with van der Waals surface area (Å²) in [6, 6.07) is 0.114. The van der Waals surface area contributed by atoms with Crippen LogP contribution < -0.4 is 16.4 Å². The zero-order chi connectivity index (χ0) is 11.3. The molecule has 0 radical (unpaired) electrons. The molecule has 0 spiro atoms. The van der Waals surface area contributed by atoms with Crippen molar-refractivity contribution in [3.8, 4) is 0 Å². The monoisotopic (exact) mass is 231 g/mol. The van der Waals surface area contributed by atoms with E-state index in [1.165, 1.54) is 0 Å². The van der Waals surface area contributed by atoms with Crippen LogP contribution in [0.3, 0.4) is 0 Å². The molecular weight excluding hydrogens is 214 g/mol. The summed E-state index contributed by atoms with van der Waals surface area (Å²) in [5.74, 6) is 0.554. The highest BCUT2D eigenvalue weighted by Gasteiger charge is 2.21. The van der Waals surface area contributed by atoms with E-state index < -0.39 is 6.09 Å². The molecule has 0 aliphatic heterocycles. The Kier molecular flexibility index (Phi) is 4.61. The lowest BCUT2D eigenvalue weighted by molar-refractivity contribution is 0.182. The highest BCUT2D eigenvalue weighted by molar-refractivity contribution is 7.80. The fraction of sp³-hybridized carbons (Fsp3) is 0.778. The summed E-state index contributed by atoms with van der Waals surface area (Å²) in [6.45, 7) is 0.801. The van der Waals surface area contributed by atoms with E-state index in [4.69, 9.17) is 23.1 Å². The number of amides is 1. The highest BCUT2D eigenvalue weighted by Crippen LogP contribution is 2.23. The number of nitrogens with two attached hydrogens (primary N) is 1. The predicted molar refractivity (Wildman–Crippen MR) is 61.7 cm³/mol. The first-order valence-electron chi connectivity index (χ1n) is 5.10. The van der Waals surface area contributed by atoms with Crippen LogP contribution in [0.5, 0.6) is 0 Å². The third kappa shape index (κ3) is 4.83. The average Bonchev–Trinajstić information content (AvgIpc) is 2.16. The summed E-state index contributed by atoms with van der Waals surface area (Å²) in [5, 5.41) is 14.3. The number of rotatable bonds is 3. The first kappa shape index (κ1) is 12.0. The third-order valence-corrected chi connectivity index (χ3v) is 2.88. The Bertz CT molecular complexity index is 240. The fourth-order valence-corrected chi connectivity index (χ4v) is 2.01. The summed E-state index contributed by atoms with van der Waals surface area (Å²) in [7, 11) is 0. The van der Waals surface area contributed by atoms with Gasteiger partial charge < -0.3 is 21.5 Å². The Hall–Kier alpha value is -1.04. The van der Waals surface area contributed by atoms with E-state index in [1.54, 1.807) is 0 Å². The summed E-state index contributed by atoms with van der Waals surface area (Å²) in [5.41, 5.74) is 5.33. The van der Waals surface area contributed by atoms with E-state index in [-0.39, 0.29) is 6.04 Å². The van der Waals surface area contributed by atoms with Crippen molar-refractivity contribution in [2.75, 3.05) is 6.54 Å². The summed E-state index contributed by atoms with van der Waals surface area (Å²) in [6.07, 6.45) is 2.90. The first-order valence-corrected chi connectivity index (χ1v) is 5.51. The Labute approximate surface area is 94.4 Å². The average molecular weight is 231 g/mol. The van der Waals surface area contributed by atoms with Gasteiger partial charge >= 0.3 is 6.09 Å². The number of nitrogens with one attached hydrogen (secondary N) is 2. The zero-order valence-electron chi connectivity index (χ0n) is 8.53. The Morgan fingerprint density at radius 1 is 1.40 bits per heavy atom. The first-order chi connectivity index (χ1) is 7.08. The molecule has 15 heavy (non-hydrogen) atoms. The van der Waals surface area contributed by atoms with Gasteiger partial charge in [0.1, 0.15) is 0 Å². The molecule has 0 heterocycles. The molecule has 1 aliphatic rings. The molecule has 1 amide bonds. The minimum Gasteiger partial charge on any atom is -0.465 e. The molecule has 0 aromatic rings. The quantitative estimate of drug-likeness (QED) is 0.536. The molecule has 1 saturated carbocycles. The van der Waals surface area contributed by atoms with Crippen molar-refractivity contribution in [1.29, 1.82) is 0 Å². The second kappa shape index (κ2) is 5.75. The molecule has 1 rings (SSSR count). The van der Waals surface area contributed by atoms with Crippen molar-refractivity contribution in [2.45, 2.75) is 31.7 Å². The zero-order valence-corrected chi connectivity index (χ0v) is 9.35. The van der Waals surface area contributed by atoms with E-state index in [0.29, 0.717) is 11.0 Å². The molecule has 5 nitrogen and oxygen atoms in total. The smallest absolute Gasteiger partial charge is 0.404 e. The minimum absolute atomic E-state index is 0.114. The molecule has 1 aliphatic carbocycles. The van der Waals surface area contributed by atoms with Crippen LogP contribution in [0, 0.1) is 5.92 Å². The number of hydrogen-bond acceptors (Lipinski definition) is 2. The van der Waals surface area contributed by atoms with Crippen LogP contribution in [-0.2, 0) is 0 Å². The van der Waals surface area contributed by atoms with Gasteiger partial charge in [0.25, 0.3) is 0 Å². The maximum absolute atomic E-state index is 10.4. The maximum atomic E-state index is 10.4. The van der Waals surface area contributed by atoms with Crippen LogP contribution in [0.1, 0.15) is 25.7 Å². The molecule has 5 N–H and O–H groups in total. The van der Waals surface area contributed by atoms with Crippen LogP contribution in [0.2, 0.25) is 0 Å². The van der Waals surface area contributed by atoms with Gasteiger partial charge in [-0.3, -0.25) is 0 Å². The molecule has 1 fully saturated rings. The van der Waals surface area contributed by atoms with Gasteiger partial charge in [0.05, 0.1) is 0 Å². The van der Waals surface area contributed by atoms with Crippen molar-refractivity contribution in [1.82, 2.24) is 10.6 Å². The van der Waals surface area contributed by atoms with Gasteiger partial charge in [0.2, 0.25) is 0 Å². The molecule has 0 saturated heterocycles. The standard InChI is InChI=1S/C9H17N3O2S/c10-8(15)11-5-6-1-3-7(4-2-6)12-9(13)14/h6-7,12H,1-5H2,(H,13,14)(H3,10,11,15). The van der Waals surface area contributed by atoms with Gasteiger partial charge in [-0.1, -0.05) is 0 Å². The summed E-state index contributed by atoms with van der Waals surface area (Å²) in [4.78, 5) is 10.4. The number of hydrogen-bond donors (Lipinski definition) is 4. The van der Waals surface area contributed by atoms with E-state index in [9.17, 15) is 4.79 Å². The van der Waals surface area contributed by atoms with Crippen LogP contribution in [-0.4, -0.2) is 28.9 Å². The molecule has 6 heteroatoms. The van der Waals surface area contributed by atoms with Crippen LogP contribution in [0.15, 0.2) is 0 Å².